The molecule has 1 aliphatic heterocycles. The average Bonchev–Trinajstić information content (AvgIpc) is 2.82. The summed E-state index contributed by atoms with van der Waals surface area (Å²) in [6, 6.07) is 0.513. The number of nitrogens with one attached hydrogen (secondary N) is 1. The molecule has 1 saturated heterocycles. The van der Waals surface area contributed by atoms with E-state index < -0.39 is 0 Å². The number of hydrogen-bond acceptors (Lipinski definition) is 2. The van der Waals surface area contributed by atoms with E-state index in [4.69, 9.17) is 5.73 Å². The molecule has 2 fully saturated rings. The molecule has 4 heteroatoms. The van der Waals surface area contributed by atoms with E-state index in [-0.39, 0.29) is 18.1 Å². The third-order valence-corrected chi connectivity index (χ3v) is 3.22. The molecular weight excluding hydrogens is 178 g/mol. The van der Waals surface area contributed by atoms with Gasteiger partial charge in [-0.15, -0.1) is 0 Å². The number of piperidine rings is 1. The zero-order valence-electron chi connectivity index (χ0n) is 8.70. The summed E-state index contributed by atoms with van der Waals surface area (Å²) < 4.78 is 0. The molecule has 0 aromatic heterocycles. The number of likely N-dealkylation sites (tertiary alicyclic amines) is 1. The van der Waals surface area contributed by atoms with Gasteiger partial charge in [-0.25, -0.2) is 4.79 Å². The van der Waals surface area contributed by atoms with E-state index in [9.17, 15) is 4.79 Å². The number of rotatable bonds is 1. The van der Waals surface area contributed by atoms with Gasteiger partial charge < -0.3 is 16.0 Å². The van der Waals surface area contributed by atoms with E-state index >= 15 is 0 Å². The Hall–Kier alpha value is -0.770. The van der Waals surface area contributed by atoms with E-state index in [1.54, 1.807) is 0 Å². The van der Waals surface area contributed by atoms with Gasteiger partial charge in [0.2, 0.25) is 0 Å². The van der Waals surface area contributed by atoms with Crippen LogP contribution in [0.3, 0.4) is 0 Å². The molecule has 1 saturated carbocycles. The Morgan fingerprint density at radius 3 is 2.50 bits per heavy atom. The molecule has 0 spiro atoms. The van der Waals surface area contributed by atoms with Crippen LogP contribution in [-0.4, -0.2) is 36.1 Å². The monoisotopic (exact) mass is 197 g/mol. The fraction of sp³-hybridized carbons (Fsp3) is 0.900. The fourth-order valence-electron chi connectivity index (χ4n) is 1.84. The maximum absolute atomic E-state index is 11.7. The van der Waals surface area contributed by atoms with Crippen LogP contribution in [0, 0.1) is 5.92 Å². The maximum Gasteiger partial charge on any atom is 0.317 e. The number of carbonyl (C=O) groups excluding carboxylic acids is 1. The number of nitrogens with zero attached hydrogens (tertiary/aromatic N) is 1. The van der Waals surface area contributed by atoms with Crippen molar-refractivity contribution in [3.8, 4) is 0 Å². The normalized spacial score (nSPS) is 32.9. The molecule has 1 heterocycles. The molecule has 0 radical (unpaired) electrons. The predicted molar refractivity (Wildman–Crippen MR) is 54.9 cm³/mol. The van der Waals surface area contributed by atoms with Gasteiger partial charge in [0, 0.05) is 25.2 Å². The number of nitrogens with two attached hydrogens (primary N) is 1. The molecule has 1 aliphatic carbocycles. The van der Waals surface area contributed by atoms with Crippen LogP contribution in [0.2, 0.25) is 0 Å². The lowest BCUT2D eigenvalue weighted by Crippen LogP contribution is -2.45. The van der Waals surface area contributed by atoms with E-state index in [1.165, 1.54) is 0 Å². The lowest BCUT2D eigenvalue weighted by Gasteiger charge is -2.30. The first kappa shape index (κ1) is 9.77. The van der Waals surface area contributed by atoms with Crippen molar-refractivity contribution < 1.29 is 4.79 Å². The van der Waals surface area contributed by atoms with Gasteiger partial charge in [0.25, 0.3) is 0 Å². The van der Waals surface area contributed by atoms with Crippen molar-refractivity contribution in [2.75, 3.05) is 13.1 Å². The van der Waals surface area contributed by atoms with Crippen molar-refractivity contribution in [2.24, 2.45) is 11.7 Å². The Morgan fingerprint density at radius 2 is 2.00 bits per heavy atom. The van der Waals surface area contributed by atoms with E-state index in [1.807, 2.05) is 4.90 Å². The molecule has 2 atom stereocenters. The van der Waals surface area contributed by atoms with Crippen molar-refractivity contribution in [2.45, 2.75) is 38.3 Å². The zero-order valence-corrected chi connectivity index (χ0v) is 8.70. The summed E-state index contributed by atoms with van der Waals surface area (Å²) in [4.78, 5) is 13.6. The molecule has 2 amide bonds. The Balaban J connectivity index is 1.74. The Bertz CT molecular complexity index is 223. The Kier molecular flexibility index (Phi) is 2.63. The van der Waals surface area contributed by atoms with Gasteiger partial charge in [-0.1, -0.05) is 6.92 Å². The van der Waals surface area contributed by atoms with Gasteiger partial charge in [0.15, 0.2) is 0 Å². The summed E-state index contributed by atoms with van der Waals surface area (Å²) in [7, 11) is 0. The molecule has 0 aromatic carbocycles. The third kappa shape index (κ3) is 2.18. The van der Waals surface area contributed by atoms with Gasteiger partial charge in [0.05, 0.1) is 0 Å². The highest BCUT2D eigenvalue weighted by Crippen LogP contribution is 2.20. The van der Waals surface area contributed by atoms with E-state index in [2.05, 4.69) is 12.2 Å². The number of amides is 2. The molecule has 3 N–H and O–H groups in total. The van der Waals surface area contributed by atoms with Gasteiger partial charge in [0.1, 0.15) is 0 Å². The van der Waals surface area contributed by atoms with Crippen molar-refractivity contribution >= 4 is 6.03 Å². The zero-order chi connectivity index (χ0) is 10.1. The van der Waals surface area contributed by atoms with Crippen LogP contribution in [0.15, 0.2) is 0 Å². The molecule has 2 rings (SSSR count). The second-order valence-electron chi connectivity index (χ2n) is 4.63. The predicted octanol–water partition coefficient (Wildman–Crippen LogP) is 0.527. The smallest absolute Gasteiger partial charge is 0.317 e. The minimum Gasteiger partial charge on any atom is -0.334 e. The summed E-state index contributed by atoms with van der Waals surface area (Å²) >= 11 is 0. The molecule has 0 aromatic rings. The second kappa shape index (κ2) is 3.77. The Labute approximate surface area is 84.8 Å². The van der Waals surface area contributed by atoms with E-state index in [0.29, 0.717) is 0 Å². The van der Waals surface area contributed by atoms with Crippen LogP contribution >= 0.6 is 0 Å². The van der Waals surface area contributed by atoms with Gasteiger partial charge in [-0.05, 0) is 25.2 Å². The lowest BCUT2D eigenvalue weighted by molar-refractivity contribution is 0.173. The molecule has 2 aliphatic rings. The summed E-state index contributed by atoms with van der Waals surface area (Å²) in [5.41, 5.74) is 5.63. The van der Waals surface area contributed by atoms with Gasteiger partial charge in [-0.3, -0.25) is 0 Å². The molecule has 0 bridgehead atoms. The highest BCUT2D eigenvalue weighted by Gasteiger charge is 2.36. The first-order valence-corrected chi connectivity index (χ1v) is 5.48. The van der Waals surface area contributed by atoms with Crippen molar-refractivity contribution in [1.82, 2.24) is 10.2 Å². The minimum atomic E-state index is 0.0786. The first-order valence-electron chi connectivity index (χ1n) is 5.48. The minimum absolute atomic E-state index is 0.0786. The SMILES string of the molecule is CC1CCN(C(=O)NC2CC2N)CC1. The van der Waals surface area contributed by atoms with Gasteiger partial charge in [-0.2, -0.15) is 0 Å². The van der Waals surface area contributed by atoms with Crippen LogP contribution in [-0.2, 0) is 0 Å². The Morgan fingerprint density at radius 1 is 1.43 bits per heavy atom. The third-order valence-electron chi connectivity index (χ3n) is 3.22. The number of carbonyl (C=O) groups is 1. The maximum atomic E-state index is 11.7. The van der Waals surface area contributed by atoms with Crippen LogP contribution < -0.4 is 11.1 Å². The highest BCUT2D eigenvalue weighted by molar-refractivity contribution is 5.75. The summed E-state index contributed by atoms with van der Waals surface area (Å²) in [5, 5.41) is 2.95. The second-order valence-corrected chi connectivity index (χ2v) is 4.63. The van der Waals surface area contributed by atoms with Gasteiger partial charge >= 0.3 is 6.03 Å². The summed E-state index contributed by atoms with van der Waals surface area (Å²) in [5.74, 6) is 0.766. The van der Waals surface area contributed by atoms with Crippen molar-refractivity contribution in [3.05, 3.63) is 0 Å². The van der Waals surface area contributed by atoms with Crippen molar-refractivity contribution in [1.29, 1.82) is 0 Å². The largest absolute Gasteiger partial charge is 0.334 e. The first-order chi connectivity index (χ1) is 6.66. The average molecular weight is 197 g/mol. The van der Waals surface area contributed by atoms with Crippen LogP contribution in [0.1, 0.15) is 26.2 Å². The van der Waals surface area contributed by atoms with E-state index in [0.717, 1.165) is 38.3 Å². The quantitative estimate of drug-likeness (QED) is 0.644. The standard InChI is InChI=1S/C10H19N3O/c1-7-2-4-13(5-3-7)10(14)12-9-6-8(9)11/h7-9H,2-6,11H2,1H3,(H,12,14). The number of urea groups is 1. The van der Waals surface area contributed by atoms with Crippen LogP contribution in [0.25, 0.3) is 0 Å². The molecule has 2 unspecified atom stereocenters. The molecular formula is C10H19N3O. The van der Waals surface area contributed by atoms with Crippen LogP contribution in [0.4, 0.5) is 4.79 Å². The molecule has 4 nitrogen and oxygen atoms in total. The highest BCUT2D eigenvalue weighted by atomic mass is 16.2. The molecule has 80 valence electrons. The van der Waals surface area contributed by atoms with Crippen LogP contribution in [0.5, 0.6) is 0 Å². The number of hydrogen-bond donors (Lipinski definition) is 2. The lowest BCUT2D eigenvalue weighted by atomic mass is 10.00. The molecule has 14 heavy (non-hydrogen) atoms. The summed E-state index contributed by atoms with van der Waals surface area (Å²) in [6.45, 7) is 4.04. The summed E-state index contributed by atoms with van der Waals surface area (Å²) in [6.07, 6.45) is 3.20. The topological polar surface area (TPSA) is 58.4 Å². The van der Waals surface area contributed by atoms with Crippen molar-refractivity contribution in [3.63, 3.8) is 0 Å². The fourth-order valence-corrected chi connectivity index (χ4v) is 1.84.